The van der Waals surface area contributed by atoms with E-state index in [1.165, 1.54) is 16.1 Å². The first kappa shape index (κ1) is 20.8. The molecule has 2 N–H and O–H groups in total. The predicted molar refractivity (Wildman–Crippen MR) is 121 cm³/mol. The van der Waals surface area contributed by atoms with Gasteiger partial charge in [0.2, 0.25) is 0 Å². The lowest BCUT2D eigenvalue weighted by Gasteiger charge is -2.21. The minimum absolute atomic E-state index is 0. The molecule has 5 nitrogen and oxygen atoms in total. The van der Waals surface area contributed by atoms with Crippen LogP contribution in [0.2, 0.25) is 0 Å². The molecule has 7 heteroatoms. The lowest BCUT2D eigenvalue weighted by molar-refractivity contribution is 0.415. The Hall–Kier alpha value is -1.48. The van der Waals surface area contributed by atoms with Crippen LogP contribution in [0, 0.1) is 6.92 Å². The second-order valence-electron chi connectivity index (χ2n) is 6.23. The van der Waals surface area contributed by atoms with Gasteiger partial charge in [0.15, 0.2) is 5.96 Å². The second kappa shape index (κ2) is 10.0. The van der Waals surface area contributed by atoms with Crippen molar-refractivity contribution in [1.29, 1.82) is 0 Å². The van der Waals surface area contributed by atoms with Gasteiger partial charge in [-0.25, -0.2) is 0 Å². The molecule has 0 spiro atoms. The highest BCUT2D eigenvalue weighted by molar-refractivity contribution is 14.0. The van der Waals surface area contributed by atoms with E-state index in [2.05, 4.69) is 51.0 Å². The number of aryl methyl sites for hydroxylation is 1. The molecule has 2 heterocycles. The number of rotatable bonds is 5. The van der Waals surface area contributed by atoms with E-state index in [-0.39, 0.29) is 24.0 Å². The van der Waals surface area contributed by atoms with Crippen molar-refractivity contribution in [2.75, 3.05) is 32.1 Å². The van der Waals surface area contributed by atoms with Crippen molar-refractivity contribution >= 4 is 47.0 Å². The first-order valence-electron chi connectivity index (χ1n) is 8.58. The van der Waals surface area contributed by atoms with Crippen LogP contribution in [0.15, 0.2) is 40.7 Å². The van der Waals surface area contributed by atoms with Crippen molar-refractivity contribution in [3.05, 3.63) is 46.2 Å². The summed E-state index contributed by atoms with van der Waals surface area (Å²) in [6, 6.07) is 10.8. The summed E-state index contributed by atoms with van der Waals surface area (Å²) in [7, 11) is 3.53. The number of hydrogen-bond donors (Lipinski definition) is 2. The van der Waals surface area contributed by atoms with Gasteiger partial charge in [0.25, 0.3) is 0 Å². The molecule has 1 aromatic heterocycles. The van der Waals surface area contributed by atoms with Gasteiger partial charge in [0.1, 0.15) is 5.75 Å². The van der Waals surface area contributed by atoms with Gasteiger partial charge in [-0.3, -0.25) is 4.99 Å². The maximum atomic E-state index is 5.33. The highest BCUT2D eigenvalue weighted by Crippen LogP contribution is 2.24. The van der Waals surface area contributed by atoms with Crippen molar-refractivity contribution in [1.82, 2.24) is 10.6 Å². The number of ether oxygens (including phenoxy) is 1. The van der Waals surface area contributed by atoms with Crippen LogP contribution in [0.5, 0.6) is 5.75 Å². The average Bonchev–Trinajstić information content (AvgIpc) is 3.27. The molecule has 1 unspecified atom stereocenters. The molecule has 1 aliphatic heterocycles. The highest BCUT2D eigenvalue weighted by atomic mass is 127. The molecule has 1 atom stereocenters. The molecule has 1 aromatic carbocycles. The van der Waals surface area contributed by atoms with Crippen molar-refractivity contribution < 1.29 is 4.74 Å². The fourth-order valence-corrected chi connectivity index (χ4v) is 3.90. The summed E-state index contributed by atoms with van der Waals surface area (Å²) in [4.78, 5) is 8.11. The summed E-state index contributed by atoms with van der Waals surface area (Å²) >= 11 is 1.78. The number of aliphatic imine (C=N–C) groups is 1. The van der Waals surface area contributed by atoms with E-state index in [1.54, 1.807) is 18.4 Å². The molecule has 1 fully saturated rings. The van der Waals surface area contributed by atoms with Gasteiger partial charge in [-0.15, -0.1) is 35.3 Å². The Morgan fingerprint density at radius 3 is 2.92 bits per heavy atom. The smallest absolute Gasteiger partial charge is 0.191 e. The van der Waals surface area contributed by atoms with Gasteiger partial charge in [-0.05, 0) is 42.5 Å². The Morgan fingerprint density at radius 2 is 2.23 bits per heavy atom. The minimum atomic E-state index is 0. The Bertz CT molecular complexity index is 734. The fraction of sp³-hybridized carbons (Fsp3) is 0.421. The maximum Gasteiger partial charge on any atom is 0.191 e. The van der Waals surface area contributed by atoms with Crippen LogP contribution >= 0.6 is 35.3 Å². The summed E-state index contributed by atoms with van der Waals surface area (Å²) in [6.07, 6.45) is 1.09. The third-order valence-corrected chi connectivity index (χ3v) is 5.58. The van der Waals surface area contributed by atoms with E-state index in [1.807, 2.05) is 19.2 Å². The summed E-state index contributed by atoms with van der Waals surface area (Å²) in [5.74, 6) is 1.77. The molecule has 26 heavy (non-hydrogen) atoms. The number of nitrogens with one attached hydrogen (secondary N) is 2. The fourth-order valence-electron chi connectivity index (χ4n) is 3.06. The molecule has 0 radical (unpaired) electrons. The summed E-state index contributed by atoms with van der Waals surface area (Å²) in [6.45, 7) is 4.96. The van der Waals surface area contributed by atoms with Crippen molar-refractivity contribution in [2.45, 2.75) is 25.9 Å². The quantitative estimate of drug-likeness (QED) is 0.385. The molecule has 0 aliphatic carbocycles. The zero-order chi connectivity index (χ0) is 17.6. The van der Waals surface area contributed by atoms with E-state index in [0.717, 1.165) is 37.8 Å². The summed E-state index contributed by atoms with van der Waals surface area (Å²) in [5, 5.41) is 9.10. The van der Waals surface area contributed by atoms with Gasteiger partial charge < -0.3 is 20.3 Å². The van der Waals surface area contributed by atoms with Crippen LogP contribution in [0.1, 0.15) is 16.9 Å². The Morgan fingerprint density at radius 1 is 1.38 bits per heavy atom. The van der Waals surface area contributed by atoms with E-state index < -0.39 is 0 Å². The van der Waals surface area contributed by atoms with E-state index >= 15 is 0 Å². The van der Waals surface area contributed by atoms with Crippen molar-refractivity contribution in [2.24, 2.45) is 4.99 Å². The summed E-state index contributed by atoms with van der Waals surface area (Å²) in [5.41, 5.74) is 2.54. The van der Waals surface area contributed by atoms with E-state index in [9.17, 15) is 0 Å². The molecule has 0 amide bonds. The predicted octanol–water partition coefficient (Wildman–Crippen LogP) is 3.63. The topological polar surface area (TPSA) is 48.9 Å². The van der Waals surface area contributed by atoms with Gasteiger partial charge in [0.05, 0.1) is 13.7 Å². The van der Waals surface area contributed by atoms with Crippen LogP contribution < -0.4 is 20.3 Å². The Labute approximate surface area is 176 Å². The van der Waals surface area contributed by atoms with Crippen molar-refractivity contribution in [3.63, 3.8) is 0 Å². The number of methoxy groups -OCH3 is 1. The molecule has 0 saturated carbocycles. The molecule has 142 valence electrons. The normalized spacial score (nSPS) is 17.0. The van der Waals surface area contributed by atoms with E-state index in [4.69, 9.17) is 4.74 Å². The van der Waals surface area contributed by atoms with Crippen molar-refractivity contribution in [3.8, 4) is 5.75 Å². The lowest BCUT2D eigenvalue weighted by Crippen LogP contribution is -2.44. The monoisotopic (exact) mass is 486 g/mol. The number of guanidine groups is 1. The number of halogens is 1. The molecular formula is C19H27IN4OS. The zero-order valence-corrected chi connectivity index (χ0v) is 18.6. The number of thiophene rings is 1. The SMILES string of the molecule is CN=C(NCc1sccc1C)NC1CCN(c2cccc(OC)c2)C1.I. The van der Waals surface area contributed by atoms with Crippen LogP contribution in [0.25, 0.3) is 0 Å². The third kappa shape index (κ3) is 5.26. The second-order valence-corrected chi connectivity index (χ2v) is 7.23. The summed E-state index contributed by atoms with van der Waals surface area (Å²) < 4.78 is 5.33. The average molecular weight is 486 g/mol. The minimum Gasteiger partial charge on any atom is -0.497 e. The molecule has 1 aliphatic rings. The Kier molecular flexibility index (Phi) is 8.02. The first-order valence-corrected chi connectivity index (χ1v) is 9.46. The van der Waals surface area contributed by atoms with Crippen LogP contribution in [0.3, 0.4) is 0 Å². The third-order valence-electron chi connectivity index (χ3n) is 4.56. The lowest BCUT2D eigenvalue weighted by atomic mass is 10.2. The standard InChI is InChI=1S/C19H26N4OS.HI/c1-14-8-10-25-18(14)12-21-19(20-2)22-15-7-9-23(13-15)16-5-4-6-17(11-16)24-3;/h4-6,8,10-11,15H,7,9,12-13H2,1-3H3,(H2,20,21,22);1H. The largest absolute Gasteiger partial charge is 0.497 e. The molecule has 2 aromatic rings. The van der Waals surface area contributed by atoms with Crippen LogP contribution in [0.4, 0.5) is 5.69 Å². The Balaban J connectivity index is 0.00000243. The molecule has 0 bridgehead atoms. The maximum absolute atomic E-state index is 5.33. The highest BCUT2D eigenvalue weighted by Gasteiger charge is 2.23. The van der Waals surface area contributed by atoms with Gasteiger partial charge in [-0.2, -0.15) is 0 Å². The zero-order valence-electron chi connectivity index (χ0n) is 15.5. The molecule has 3 rings (SSSR count). The van der Waals surface area contributed by atoms with Crippen LogP contribution in [-0.2, 0) is 6.54 Å². The van der Waals surface area contributed by atoms with Gasteiger partial charge in [-0.1, -0.05) is 6.07 Å². The van der Waals surface area contributed by atoms with Crippen LogP contribution in [-0.4, -0.2) is 39.2 Å². The van der Waals surface area contributed by atoms with E-state index in [0.29, 0.717) is 6.04 Å². The number of hydrogen-bond acceptors (Lipinski definition) is 4. The number of anilines is 1. The number of benzene rings is 1. The number of nitrogens with zero attached hydrogens (tertiary/aromatic N) is 2. The molecule has 1 saturated heterocycles. The first-order chi connectivity index (χ1) is 12.2. The van der Waals surface area contributed by atoms with Gasteiger partial charge in [0, 0.05) is 42.8 Å². The molecular weight excluding hydrogens is 459 g/mol. The van der Waals surface area contributed by atoms with Gasteiger partial charge >= 0.3 is 0 Å².